The molecular formula is C18H16N4O. The molecule has 0 spiro atoms. The SMILES string of the molecule is N#C/C(=C\c1cc2ccccc2o1)c1nnc2n1CCCCC2. The van der Waals surface area contributed by atoms with Gasteiger partial charge in [0.1, 0.15) is 28.8 Å². The number of aryl methyl sites for hydroxylation is 1. The van der Waals surface area contributed by atoms with Gasteiger partial charge in [0.25, 0.3) is 0 Å². The van der Waals surface area contributed by atoms with E-state index >= 15 is 0 Å². The number of nitrogens with zero attached hydrogens (tertiary/aromatic N) is 4. The van der Waals surface area contributed by atoms with E-state index in [9.17, 15) is 5.26 Å². The standard InChI is InChI=1S/C18H16N4O/c19-12-14(11-15-10-13-6-3-4-7-16(13)23-15)18-21-20-17-8-2-1-5-9-22(17)18/h3-4,6-7,10-11H,1-2,5,8-9H2/b14-11+. The summed E-state index contributed by atoms with van der Waals surface area (Å²) >= 11 is 0. The molecule has 1 aliphatic rings. The lowest BCUT2D eigenvalue weighted by Gasteiger charge is -2.05. The van der Waals surface area contributed by atoms with Crippen LogP contribution in [0.2, 0.25) is 0 Å². The van der Waals surface area contributed by atoms with Crippen molar-refractivity contribution in [2.75, 3.05) is 0 Å². The first kappa shape index (κ1) is 13.8. The third-order valence-corrected chi connectivity index (χ3v) is 4.20. The van der Waals surface area contributed by atoms with Crippen LogP contribution >= 0.6 is 0 Å². The Morgan fingerprint density at radius 3 is 3.00 bits per heavy atom. The zero-order valence-electron chi connectivity index (χ0n) is 12.7. The minimum Gasteiger partial charge on any atom is -0.457 e. The van der Waals surface area contributed by atoms with E-state index in [2.05, 4.69) is 20.8 Å². The summed E-state index contributed by atoms with van der Waals surface area (Å²) < 4.78 is 7.86. The summed E-state index contributed by atoms with van der Waals surface area (Å²) in [7, 11) is 0. The first-order chi connectivity index (χ1) is 11.3. The van der Waals surface area contributed by atoms with E-state index in [0.717, 1.165) is 42.6 Å². The first-order valence-corrected chi connectivity index (χ1v) is 7.88. The first-order valence-electron chi connectivity index (χ1n) is 7.88. The number of fused-ring (bicyclic) bond motifs is 2. The molecule has 0 radical (unpaired) electrons. The molecule has 3 heterocycles. The fraction of sp³-hybridized carbons (Fsp3) is 0.278. The van der Waals surface area contributed by atoms with Crippen LogP contribution in [0.25, 0.3) is 22.6 Å². The molecular weight excluding hydrogens is 288 g/mol. The second-order valence-corrected chi connectivity index (χ2v) is 5.76. The molecule has 114 valence electrons. The number of allylic oxidation sites excluding steroid dienone is 1. The maximum atomic E-state index is 9.56. The molecule has 1 aromatic carbocycles. The molecule has 0 aliphatic carbocycles. The van der Waals surface area contributed by atoms with Crippen molar-refractivity contribution in [3.63, 3.8) is 0 Å². The zero-order chi connectivity index (χ0) is 15.6. The van der Waals surface area contributed by atoms with Crippen molar-refractivity contribution in [2.45, 2.75) is 32.2 Å². The molecule has 0 atom stereocenters. The molecule has 0 unspecified atom stereocenters. The van der Waals surface area contributed by atoms with Gasteiger partial charge in [-0.2, -0.15) is 5.26 Å². The molecule has 0 fully saturated rings. The van der Waals surface area contributed by atoms with Crippen molar-refractivity contribution in [2.24, 2.45) is 0 Å². The van der Waals surface area contributed by atoms with Gasteiger partial charge in [0, 0.05) is 24.4 Å². The fourth-order valence-electron chi connectivity index (χ4n) is 3.05. The van der Waals surface area contributed by atoms with Crippen LogP contribution in [0.15, 0.2) is 34.7 Å². The van der Waals surface area contributed by atoms with E-state index in [1.54, 1.807) is 6.08 Å². The summed E-state index contributed by atoms with van der Waals surface area (Å²) in [5.74, 6) is 2.28. The second-order valence-electron chi connectivity index (χ2n) is 5.76. The minimum atomic E-state index is 0.490. The molecule has 0 saturated carbocycles. The van der Waals surface area contributed by atoms with Gasteiger partial charge in [-0.05, 0) is 25.0 Å². The highest BCUT2D eigenvalue weighted by molar-refractivity contribution is 5.89. The largest absolute Gasteiger partial charge is 0.457 e. The normalized spacial score (nSPS) is 15.2. The van der Waals surface area contributed by atoms with Gasteiger partial charge in [0.05, 0.1) is 0 Å². The smallest absolute Gasteiger partial charge is 0.174 e. The predicted octanol–water partition coefficient (Wildman–Crippen LogP) is 3.81. The number of hydrogen-bond donors (Lipinski definition) is 0. The van der Waals surface area contributed by atoms with Crippen molar-refractivity contribution in [3.8, 4) is 6.07 Å². The van der Waals surface area contributed by atoms with E-state index in [-0.39, 0.29) is 0 Å². The van der Waals surface area contributed by atoms with Crippen molar-refractivity contribution < 1.29 is 4.42 Å². The van der Waals surface area contributed by atoms with Gasteiger partial charge < -0.3 is 8.98 Å². The van der Waals surface area contributed by atoms with Gasteiger partial charge in [0.2, 0.25) is 0 Å². The Morgan fingerprint density at radius 2 is 2.13 bits per heavy atom. The van der Waals surface area contributed by atoms with Crippen molar-refractivity contribution in [1.82, 2.24) is 14.8 Å². The van der Waals surface area contributed by atoms with E-state index in [0.29, 0.717) is 17.2 Å². The Balaban J connectivity index is 1.77. The molecule has 23 heavy (non-hydrogen) atoms. The molecule has 0 saturated heterocycles. The van der Waals surface area contributed by atoms with Crippen LogP contribution in [-0.2, 0) is 13.0 Å². The third kappa shape index (κ3) is 2.53. The molecule has 5 nitrogen and oxygen atoms in total. The van der Waals surface area contributed by atoms with E-state index in [4.69, 9.17) is 4.42 Å². The highest BCUT2D eigenvalue weighted by Gasteiger charge is 2.18. The van der Waals surface area contributed by atoms with Crippen LogP contribution in [-0.4, -0.2) is 14.8 Å². The molecule has 0 N–H and O–H groups in total. The average Bonchev–Trinajstić information content (AvgIpc) is 3.09. The van der Waals surface area contributed by atoms with Crippen LogP contribution in [0, 0.1) is 11.3 Å². The number of benzene rings is 1. The fourth-order valence-corrected chi connectivity index (χ4v) is 3.05. The molecule has 0 bridgehead atoms. The Morgan fingerprint density at radius 1 is 1.22 bits per heavy atom. The Kier molecular flexibility index (Phi) is 3.43. The van der Waals surface area contributed by atoms with Crippen molar-refractivity contribution in [3.05, 3.63) is 47.7 Å². The Bertz CT molecular complexity index is 893. The number of furan rings is 1. The lowest BCUT2D eigenvalue weighted by Crippen LogP contribution is -2.05. The topological polar surface area (TPSA) is 67.6 Å². The summed E-state index contributed by atoms with van der Waals surface area (Å²) in [5, 5.41) is 19.1. The van der Waals surface area contributed by atoms with Crippen molar-refractivity contribution in [1.29, 1.82) is 5.26 Å². The number of aromatic nitrogens is 3. The van der Waals surface area contributed by atoms with Crippen LogP contribution in [0.3, 0.4) is 0 Å². The number of hydrogen-bond acceptors (Lipinski definition) is 4. The van der Waals surface area contributed by atoms with Gasteiger partial charge >= 0.3 is 0 Å². The van der Waals surface area contributed by atoms with Crippen molar-refractivity contribution >= 4 is 22.6 Å². The van der Waals surface area contributed by atoms with Crippen LogP contribution in [0.4, 0.5) is 0 Å². The van der Waals surface area contributed by atoms with E-state index in [1.807, 2.05) is 30.3 Å². The van der Waals surface area contributed by atoms with Gasteiger partial charge in [-0.1, -0.05) is 24.6 Å². The van der Waals surface area contributed by atoms with E-state index < -0.39 is 0 Å². The van der Waals surface area contributed by atoms with Gasteiger partial charge in [-0.25, -0.2) is 0 Å². The van der Waals surface area contributed by atoms with Gasteiger partial charge in [0.15, 0.2) is 5.82 Å². The number of nitriles is 1. The second kappa shape index (κ2) is 5.73. The summed E-state index contributed by atoms with van der Waals surface area (Å²) in [4.78, 5) is 0. The quantitative estimate of drug-likeness (QED) is 0.675. The Hall–Kier alpha value is -2.87. The summed E-state index contributed by atoms with van der Waals surface area (Å²) in [5.41, 5.74) is 1.31. The number of rotatable bonds is 2. The predicted molar refractivity (Wildman–Crippen MR) is 87.3 cm³/mol. The summed E-state index contributed by atoms with van der Waals surface area (Å²) in [6, 6.07) is 12.0. The molecule has 1 aliphatic heterocycles. The van der Waals surface area contributed by atoms with Gasteiger partial charge in [-0.15, -0.1) is 10.2 Å². The monoisotopic (exact) mass is 304 g/mol. The molecule has 4 rings (SSSR count). The number of para-hydroxylation sites is 1. The third-order valence-electron chi connectivity index (χ3n) is 4.20. The maximum absolute atomic E-state index is 9.56. The van der Waals surface area contributed by atoms with E-state index in [1.165, 1.54) is 6.42 Å². The summed E-state index contributed by atoms with van der Waals surface area (Å²) in [6.07, 6.45) is 6.10. The highest BCUT2D eigenvalue weighted by Crippen LogP contribution is 2.24. The lowest BCUT2D eigenvalue weighted by molar-refractivity contribution is 0.604. The average molecular weight is 304 g/mol. The summed E-state index contributed by atoms with van der Waals surface area (Å²) in [6.45, 7) is 0.872. The Labute approximate surface area is 133 Å². The van der Waals surface area contributed by atoms with Crippen LogP contribution in [0.1, 0.15) is 36.7 Å². The minimum absolute atomic E-state index is 0.490. The highest BCUT2D eigenvalue weighted by atomic mass is 16.3. The maximum Gasteiger partial charge on any atom is 0.174 e. The molecule has 3 aromatic rings. The van der Waals surface area contributed by atoms with Crippen LogP contribution < -0.4 is 0 Å². The van der Waals surface area contributed by atoms with Gasteiger partial charge in [-0.3, -0.25) is 0 Å². The molecule has 2 aromatic heterocycles. The zero-order valence-corrected chi connectivity index (χ0v) is 12.7. The lowest BCUT2D eigenvalue weighted by atomic mass is 10.2. The molecule has 5 heteroatoms. The van der Waals surface area contributed by atoms with Crippen LogP contribution in [0.5, 0.6) is 0 Å². The molecule has 0 amide bonds.